The zero-order chi connectivity index (χ0) is 16.2. The summed E-state index contributed by atoms with van der Waals surface area (Å²) >= 11 is 6.19. The topological polar surface area (TPSA) is 61.0 Å². The molecule has 1 atom stereocenters. The zero-order valence-corrected chi connectivity index (χ0v) is 15.2. The van der Waals surface area contributed by atoms with E-state index >= 15 is 0 Å². The molecule has 0 saturated carbocycles. The fourth-order valence-electron chi connectivity index (χ4n) is 3.11. The van der Waals surface area contributed by atoms with E-state index in [4.69, 9.17) is 11.6 Å². The van der Waals surface area contributed by atoms with Crippen molar-refractivity contribution in [3.8, 4) is 11.3 Å². The van der Waals surface area contributed by atoms with Crippen LogP contribution in [0.15, 0.2) is 30.3 Å². The number of amides is 1. The monoisotopic (exact) mass is 368 g/mol. The molecule has 2 aromatic rings. The summed E-state index contributed by atoms with van der Waals surface area (Å²) in [6.45, 7) is 2.54. The third-order valence-electron chi connectivity index (χ3n) is 4.26. The molecule has 1 aliphatic rings. The first kappa shape index (κ1) is 18.8. The summed E-state index contributed by atoms with van der Waals surface area (Å²) in [7, 11) is 1.95. The molecule has 2 heterocycles. The van der Waals surface area contributed by atoms with Crippen LogP contribution in [0.4, 0.5) is 0 Å². The largest absolute Gasteiger partial charge is 0.337 e. The van der Waals surface area contributed by atoms with Gasteiger partial charge in [-0.15, -0.1) is 12.4 Å². The van der Waals surface area contributed by atoms with Gasteiger partial charge in [0.25, 0.3) is 5.91 Å². The van der Waals surface area contributed by atoms with Gasteiger partial charge in [-0.05, 0) is 44.5 Å². The van der Waals surface area contributed by atoms with E-state index in [-0.39, 0.29) is 18.3 Å². The lowest BCUT2D eigenvalue weighted by Gasteiger charge is -2.32. The Balaban J connectivity index is 0.00000208. The Kier molecular flexibility index (Phi) is 6.66. The Morgan fingerprint density at radius 3 is 3.00 bits per heavy atom. The number of aromatic nitrogens is 2. The van der Waals surface area contributed by atoms with Crippen LogP contribution in [-0.2, 0) is 0 Å². The minimum atomic E-state index is 0. The second kappa shape index (κ2) is 8.51. The van der Waals surface area contributed by atoms with Crippen molar-refractivity contribution in [2.75, 3.05) is 26.7 Å². The lowest BCUT2D eigenvalue weighted by atomic mass is 9.98. The van der Waals surface area contributed by atoms with Crippen molar-refractivity contribution < 1.29 is 4.79 Å². The number of piperidine rings is 1. The molecule has 7 heteroatoms. The second-order valence-corrected chi connectivity index (χ2v) is 6.37. The van der Waals surface area contributed by atoms with Crippen LogP contribution in [-0.4, -0.2) is 47.7 Å². The summed E-state index contributed by atoms with van der Waals surface area (Å²) < 4.78 is 0. The van der Waals surface area contributed by atoms with E-state index in [0.717, 1.165) is 31.6 Å². The highest BCUT2D eigenvalue weighted by Crippen LogP contribution is 2.27. The number of nitrogens with one attached hydrogen (secondary N) is 2. The van der Waals surface area contributed by atoms with Crippen molar-refractivity contribution in [1.82, 2.24) is 20.4 Å². The van der Waals surface area contributed by atoms with E-state index < -0.39 is 0 Å². The number of H-pyrrole nitrogens is 1. The van der Waals surface area contributed by atoms with Gasteiger partial charge in [0, 0.05) is 18.7 Å². The minimum Gasteiger partial charge on any atom is -0.337 e. The Bertz CT molecular complexity index is 687. The van der Waals surface area contributed by atoms with Crippen LogP contribution in [0, 0.1) is 5.92 Å². The number of benzene rings is 1. The summed E-state index contributed by atoms with van der Waals surface area (Å²) in [5.41, 5.74) is 2.05. The van der Waals surface area contributed by atoms with E-state index in [1.807, 2.05) is 36.2 Å². The van der Waals surface area contributed by atoms with Crippen LogP contribution in [0.3, 0.4) is 0 Å². The van der Waals surface area contributed by atoms with E-state index in [9.17, 15) is 4.79 Å². The average molecular weight is 369 g/mol. The van der Waals surface area contributed by atoms with Gasteiger partial charge in [-0.3, -0.25) is 9.89 Å². The summed E-state index contributed by atoms with van der Waals surface area (Å²) in [5, 5.41) is 10.9. The molecule has 1 aromatic carbocycles. The highest BCUT2D eigenvalue weighted by molar-refractivity contribution is 6.33. The fraction of sp³-hybridized carbons (Fsp3) is 0.412. The molecule has 1 amide bonds. The van der Waals surface area contributed by atoms with Gasteiger partial charge < -0.3 is 10.2 Å². The van der Waals surface area contributed by atoms with Gasteiger partial charge in [-0.25, -0.2) is 0 Å². The number of halogens is 2. The predicted octanol–water partition coefficient (Wildman–Crippen LogP) is 3.22. The highest BCUT2D eigenvalue weighted by atomic mass is 35.5. The molecule has 1 fully saturated rings. The molecule has 0 radical (unpaired) electrons. The first-order chi connectivity index (χ1) is 11.2. The zero-order valence-electron chi connectivity index (χ0n) is 13.6. The molecule has 5 nitrogen and oxygen atoms in total. The Hall–Kier alpha value is -1.56. The van der Waals surface area contributed by atoms with Crippen molar-refractivity contribution in [2.24, 2.45) is 5.92 Å². The van der Waals surface area contributed by atoms with Gasteiger partial charge in [-0.2, -0.15) is 5.10 Å². The first-order valence-corrected chi connectivity index (χ1v) is 8.31. The average Bonchev–Trinajstić information content (AvgIpc) is 3.05. The fourth-order valence-corrected chi connectivity index (χ4v) is 3.35. The molecule has 2 N–H and O–H groups in total. The Morgan fingerprint density at radius 1 is 1.46 bits per heavy atom. The van der Waals surface area contributed by atoms with Crippen molar-refractivity contribution >= 4 is 29.9 Å². The Morgan fingerprint density at radius 2 is 2.25 bits per heavy atom. The SMILES string of the molecule is CNCC1CCCN(C(=O)c2cc(-c3ccccc3Cl)n[nH]2)C1.Cl. The van der Waals surface area contributed by atoms with Gasteiger partial charge in [0.05, 0.1) is 10.7 Å². The number of carbonyl (C=O) groups is 1. The van der Waals surface area contributed by atoms with Crippen molar-refractivity contribution in [3.63, 3.8) is 0 Å². The van der Waals surface area contributed by atoms with Crippen LogP contribution < -0.4 is 5.32 Å². The van der Waals surface area contributed by atoms with E-state index in [0.29, 0.717) is 22.3 Å². The molecular weight excluding hydrogens is 347 g/mol. The predicted molar refractivity (Wildman–Crippen MR) is 98.8 cm³/mol. The summed E-state index contributed by atoms with van der Waals surface area (Å²) in [6, 6.07) is 9.28. The molecule has 130 valence electrons. The van der Waals surface area contributed by atoms with E-state index in [2.05, 4.69) is 15.5 Å². The van der Waals surface area contributed by atoms with E-state index in [1.54, 1.807) is 6.07 Å². The number of likely N-dealkylation sites (tertiary alicyclic amines) is 1. The van der Waals surface area contributed by atoms with Crippen LogP contribution >= 0.6 is 24.0 Å². The molecular formula is C17H22Cl2N4O. The second-order valence-electron chi connectivity index (χ2n) is 5.96. The molecule has 1 aromatic heterocycles. The van der Waals surface area contributed by atoms with Gasteiger partial charge in [0.1, 0.15) is 5.69 Å². The third kappa shape index (κ3) is 4.09. The summed E-state index contributed by atoms with van der Waals surface area (Å²) in [6.07, 6.45) is 2.21. The molecule has 1 unspecified atom stereocenters. The van der Waals surface area contributed by atoms with Crippen molar-refractivity contribution in [2.45, 2.75) is 12.8 Å². The number of hydrogen-bond donors (Lipinski definition) is 2. The van der Waals surface area contributed by atoms with Gasteiger partial charge in [0.2, 0.25) is 0 Å². The lowest BCUT2D eigenvalue weighted by Crippen LogP contribution is -2.42. The maximum Gasteiger partial charge on any atom is 0.271 e. The lowest BCUT2D eigenvalue weighted by molar-refractivity contribution is 0.0668. The quantitative estimate of drug-likeness (QED) is 0.870. The molecule has 1 saturated heterocycles. The van der Waals surface area contributed by atoms with Crippen LogP contribution in [0.1, 0.15) is 23.3 Å². The number of aromatic amines is 1. The molecule has 0 spiro atoms. The summed E-state index contributed by atoms with van der Waals surface area (Å²) in [5.74, 6) is 0.528. The van der Waals surface area contributed by atoms with Crippen LogP contribution in [0.5, 0.6) is 0 Å². The standard InChI is InChI=1S/C17H21ClN4O.ClH/c1-19-10-12-5-4-8-22(11-12)17(23)16-9-15(20-21-16)13-6-2-3-7-14(13)18;/h2-3,6-7,9,12,19H,4-5,8,10-11H2,1H3,(H,20,21);1H. The molecule has 3 rings (SSSR count). The van der Waals surface area contributed by atoms with Gasteiger partial charge in [-0.1, -0.05) is 29.8 Å². The summed E-state index contributed by atoms with van der Waals surface area (Å²) in [4.78, 5) is 14.6. The molecule has 0 bridgehead atoms. The first-order valence-electron chi connectivity index (χ1n) is 7.93. The smallest absolute Gasteiger partial charge is 0.271 e. The Labute approximate surface area is 153 Å². The number of nitrogens with zero attached hydrogens (tertiary/aromatic N) is 2. The maximum atomic E-state index is 12.7. The number of hydrogen-bond acceptors (Lipinski definition) is 3. The maximum absolute atomic E-state index is 12.7. The highest BCUT2D eigenvalue weighted by Gasteiger charge is 2.25. The minimum absolute atomic E-state index is 0. The number of carbonyl (C=O) groups excluding carboxylic acids is 1. The molecule has 1 aliphatic heterocycles. The molecule has 0 aliphatic carbocycles. The van der Waals surface area contributed by atoms with Crippen molar-refractivity contribution in [1.29, 1.82) is 0 Å². The third-order valence-corrected chi connectivity index (χ3v) is 4.59. The van der Waals surface area contributed by atoms with E-state index in [1.165, 1.54) is 6.42 Å². The number of rotatable bonds is 4. The van der Waals surface area contributed by atoms with Gasteiger partial charge >= 0.3 is 0 Å². The van der Waals surface area contributed by atoms with Gasteiger partial charge in [0.15, 0.2) is 0 Å². The van der Waals surface area contributed by atoms with Crippen LogP contribution in [0.2, 0.25) is 5.02 Å². The molecule has 24 heavy (non-hydrogen) atoms. The van der Waals surface area contributed by atoms with Crippen LogP contribution in [0.25, 0.3) is 11.3 Å². The normalized spacial score (nSPS) is 17.4. The van der Waals surface area contributed by atoms with Crippen molar-refractivity contribution in [3.05, 3.63) is 41.0 Å².